The fourth-order valence-electron chi connectivity index (χ4n) is 4.35. The molecule has 6 nitrogen and oxygen atoms in total. The van der Waals surface area contributed by atoms with Gasteiger partial charge in [-0.2, -0.15) is 17.0 Å². The van der Waals surface area contributed by atoms with Crippen molar-refractivity contribution in [3.05, 3.63) is 30.3 Å². The van der Waals surface area contributed by atoms with Gasteiger partial charge in [0.25, 0.3) is 0 Å². The third-order valence-corrected chi connectivity index (χ3v) is 8.35. The molecule has 0 aliphatic carbocycles. The summed E-state index contributed by atoms with van der Waals surface area (Å²) in [6, 6.07) is 7.94. The SMILES string of the molecule is CCC(CC(C)CC(CN(C)S(=O)(=O)N(C(=O)O)c1ccccc1)C(C)(C)C)C(C)(C)C. The maximum absolute atomic E-state index is 13.2. The quantitative estimate of drug-likeness (QED) is 0.425. The molecule has 1 rings (SSSR count). The molecule has 3 unspecified atom stereocenters. The van der Waals surface area contributed by atoms with Gasteiger partial charge in [-0.05, 0) is 53.6 Å². The van der Waals surface area contributed by atoms with Crippen LogP contribution < -0.4 is 4.31 Å². The monoisotopic (exact) mass is 468 g/mol. The minimum Gasteiger partial charge on any atom is -0.464 e. The second-order valence-electron chi connectivity index (χ2n) is 11.3. The Labute approximate surface area is 196 Å². The average molecular weight is 469 g/mol. The highest BCUT2D eigenvalue weighted by molar-refractivity contribution is 7.91. The van der Waals surface area contributed by atoms with Gasteiger partial charge in [-0.25, -0.2) is 4.79 Å². The van der Waals surface area contributed by atoms with E-state index in [0.29, 0.717) is 16.1 Å². The van der Waals surface area contributed by atoms with Crippen LogP contribution in [0.4, 0.5) is 10.5 Å². The van der Waals surface area contributed by atoms with Crippen LogP contribution in [0.25, 0.3) is 0 Å². The number of carboxylic acid groups (broad SMARTS) is 1. The predicted octanol–water partition coefficient (Wildman–Crippen LogP) is 6.50. The zero-order chi connectivity index (χ0) is 24.9. The molecule has 0 saturated heterocycles. The zero-order valence-corrected chi connectivity index (χ0v) is 22.2. The van der Waals surface area contributed by atoms with Gasteiger partial charge < -0.3 is 5.11 Å². The molecule has 3 atom stereocenters. The van der Waals surface area contributed by atoms with Gasteiger partial charge in [0.05, 0.1) is 5.69 Å². The van der Waals surface area contributed by atoms with Crippen LogP contribution in [-0.2, 0) is 10.2 Å². The lowest BCUT2D eigenvalue weighted by Gasteiger charge is -2.38. The van der Waals surface area contributed by atoms with E-state index in [4.69, 9.17) is 0 Å². The van der Waals surface area contributed by atoms with Crippen LogP contribution >= 0.6 is 0 Å². The summed E-state index contributed by atoms with van der Waals surface area (Å²) in [7, 11) is -2.75. The van der Waals surface area contributed by atoms with Crippen molar-refractivity contribution in [2.24, 2.45) is 28.6 Å². The minimum absolute atomic E-state index is 0.0844. The van der Waals surface area contributed by atoms with Crippen LogP contribution in [0.5, 0.6) is 0 Å². The Morgan fingerprint density at radius 1 is 0.969 bits per heavy atom. The standard InChI is InChI=1S/C25H44N2O4S/c1-10-20(24(3,4)5)16-19(2)17-21(25(6,7)8)18-26(9)32(30,31)27(23(28)29)22-14-12-11-13-15-22/h11-15,19-21H,10,16-18H2,1-9H3,(H,28,29). The van der Waals surface area contributed by atoms with E-state index >= 15 is 0 Å². The van der Waals surface area contributed by atoms with Gasteiger partial charge in [0, 0.05) is 13.6 Å². The Morgan fingerprint density at radius 3 is 1.84 bits per heavy atom. The van der Waals surface area contributed by atoms with Crippen LogP contribution in [0.15, 0.2) is 30.3 Å². The molecule has 0 aliphatic heterocycles. The Balaban J connectivity index is 3.09. The smallest absolute Gasteiger partial charge is 0.426 e. The molecule has 0 spiro atoms. The number of carbonyl (C=O) groups is 1. The van der Waals surface area contributed by atoms with Gasteiger partial charge in [0.15, 0.2) is 0 Å². The first-order chi connectivity index (χ1) is 14.5. The van der Waals surface area contributed by atoms with Gasteiger partial charge in [0.1, 0.15) is 0 Å². The number of anilines is 1. The van der Waals surface area contributed by atoms with Crippen LogP contribution in [0.1, 0.15) is 74.7 Å². The van der Waals surface area contributed by atoms with Gasteiger partial charge in [-0.15, -0.1) is 0 Å². The molecule has 184 valence electrons. The molecular weight excluding hydrogens is 424 g/mol. The number of hydrogen-bond donors (Lipinski definition) is 1. The summed E-state index contributed by atoms with van der Waals surface area (Å²) in [4.78, 5) is 11.9. The summed E-state index contributed by atoms with van der Waals surface area (Å²) >= 11 is 0. The molecule has 32 heavy (non-hydrogen) atoms. The third kappa shape index (κ3) is 7.77. The van der Waals surface area contributed by atoms with Crippen molar-refractivity contribution in [2.45, 2.75) is 74.7 Å². The molecule has 0 bridgehead atoms. The largest absolute Gasteiger partial charge is 0.464 e. The van der Waals surface area contributed by atoms with E-state index in [1.54, 1.807) is 18.2 Å². The van der Waals surface area contributed by atoms with Crippen molar-refractivity contribution in [2.75, 3.05) is 17.9 Å². The molecule has 0 saturated carbocycles. The fraction of sp³-hybridized carbons (Fsp3) is 0.720. The molecule has 0 aromatic heterocycles. The molecule has 1 aromatic carbocycles. The second kappa shape index (κ2) is 11.0. The number of amides is 1. The Kier molecular flexibility index (Phi) is 9.79. The number of para-hydroxylation sites is 1. The maximum atomic E-state index is 13.2. The van der Waals surface area contributed by atoms with Crippen LogP contribution in [0.2, 0.25) is 0 Å². The van der Waals surface area contributed by atoms with E-state index in [0.717, 1.165) is 19.3 Å². The first-order valence-corrected chi connectivity index (χ1v) is 13.0. The average Bonchev–Trinajstić information content (AvgIpc) is 2.64. The molecule has 1 amide bonds. The molecule has 7 heteroatoms. The Bertz CT molecular complexity index is 826. The molecule has 0 fully saturated rings. The lowest BCUT2D eigenvalue weighted by atomic mass is 9.70. The van der Waals surface area contributed by atoms with Gasteiger partial charge in [0.2, 0.25) is 0 Å². The number of nitrogens with zero attached hydrogens (tertiary/aromatic N) is 2. The predicted molar refractivity (Wildman–Crippen MR) is 133 cm³/mol. The summed E-state index contributed by atoms with van der Waals surface area (Å²) in [5.74, 6) is 1.12. The zero-order valence-electron chi connectivity index (χ0n) is 21.4. The first-order valence-electron chi connectivity index (χ1n) is 11.6. The molecule has 0 aliphatic rings. The van der Waals surface area contributed by atoms with E-state index in [2.05, 4.69) is 55.4 Å². The molecule has 1 aromatic rings. The Morgan fingerprint density at radius 2 is 1.44 bits per heavy atom. The normalized spacial score (nSPS) is 15.9. The van der Waals surface area contributed by atoms with Crippen molar-refractivity contribution < 1.29 is 18.3 Å². The Hall–Kier alpha value is -1.60. The summed E-state index contributed by atoms with van der Waals surface area (Å²) in [5.41, 5.74) is 0.226. The summed E-state index contributed by atoms with van der Waals surface area (Å²) in [6.45, 7) is 17.9. The molecule has 1 N–H and O–H groups in total. The van der Waals surface area contributed by atoms with E-state index in [9.17, 15) is 18.3 Å². The highest BCUT2D eigenvalue weighted by Gasteiger charge is 2.37. The van der Waals surface area contributed by atoms with E-state index in [-0.39, 0.29) is 29.0 Å². The summed E-state index contributed by atoms with van der Waals surface area (Å²) in [5, 5.41) is 9.67. The minimum atomic E-state index is -4.23. The van der Waals surface area contributed by atoms with E-state index in [1.807, 2.05) is 0 Å². The molecular formula is C25H44N2O4S. The van der Waals surface area contributed by atoms with E-state index < -0.39 is 16.3 Å². The van der Waals surface area contributed by atoms with Crippen LogP contribution in [-0.4, -0.2) is 37.5 Å². The van der Waals surface area contributed by atoms with Crippen molar-refractivity contribution in [3.63, 3.8) is 0 Å². The first kappa shape index (κ1) is 28.4. The van der Waals surface area contributed by atoms with E-state index in [1.165, 1.54) is 23.5 Å². The topological polar surface area (TPSA) is 77.9 Å². The lowest BCUT2D eigenvalue weighted by Crippen LogP contribution is -2.47. The van der Waals surface area contributed by atoms with Crippen molar-refractivity contribution in [1.29, 1.82) is 0 Å². The highest BCUT2D eigenvalue weighted by atomic mass is 32.2. The summed E-state index contributed by atoms with van der Waals surface area (Å²) < 4.78 is 28.1. The van der Waals surface area contributed by atoms with Crippen molar-refractivity contribution in [1.82, 2.24) is 4.31 Å². The van der Waals surface area contributed by atoms with Crippen molar-refractivity contribution >= 4 is 22.0 Å². The lowest BCUT2D eigenvalue weighted by molar-refractivity contribution is 0.139. The van der Waals surface area contributed by atoms with Gasteiger partial charge in [-0.1, -0.05) is 80.0 Å². The molecule has 0 radical (unpaired) electrons. The van der Waals surface area contributed by atoms with Crippen molar-refractivity contribution in [3.8, 4) is 0 Å². The molecule has 0 heterocycles. The van der Waals surface area contributed by atoms with Gasteiger partial charge in [-0.3, -0.25) is 0 Å². The second-order valence-corrected chi connectivity index (χ2v) is 13.2. The van der Waals surface area contributed by atoms with Crippen LogP contribution in [0.3, 0.4) is 0 Å². The number of benzene rings is 1. The summed E-state index contributed by atoms with van der Waals surface area (Å²) in [6.07, 6.45) is 1.58. The maximum Gasteiger partial charge on any atom is 0.426 e. The van der Waals surface area contributed by atoms with Crippen LogP contribution in [0, 0.1) is 28.6 Å². The number of hydrogen-bond acceptors (Lipinski definition) is 3. The third-order valence-electron chi connectivity index (χ3n) is 6.58. The number of rotatable bonds is 10. The highest BCUT2D eigenvalue weighted by Crippen LogP contribution is 2.38. The fourth-order valence-corrected chi connectivity index (χ4v) is 5.58. The van der Waals surface area contributed by atoms with Gasteiger partial charge >= 0.3 is 16.3 Å².